The number of hydrogen-bond acceptors (Lipinski definition) is 5. The molecule has 0 bridgehead atoms. The number of aromatic nitrogens is 4. The highest BCUT2D eigenvalue weighted by Crippen LogP contribution is 2.32. The lowest BCUT2D eigenvalue weighted by Gasteiger charge is -2.24. The molecule has 1 aromatic carbocycles. The van der Waals surface area contributed by atoms with Gasteiger partial charge in [-0.25, -0.2) is 9.97 Å². The number of hydrogen-bond donors (Lipinski definition) is 0. The van der Waals surface area contributed by atoms with Gasteiger partial charge in [-0.1, -0.05) is 12.1 Å². The van der Waals surface area contributed by atoms with Gasteiger partial charge in [0.25, 0.3) is 0 Å². The highest BCUT2D eigenvalue weighted by Gasteiger charge is 2.27. The molecule has 6 heteroatoms. The van der Waals surface area contributed by atoms with Crippen LogP contribution in [-0.2, 0) is 6.54 Å². The number of imidazole rings is 1. The number of nitrogens with zero attached hydrogens (tertiary/aromatic N) is 5. The van der Waals surface area contributed by atoms with Gasteiger partial charge in [-0.3, -0.25) is 14.5 Å². The first kappa shape index (κ1) is 15.8. The minimum Gasteiger partial charge on any atom is -0.497 e. The molecule has 1 atom stereocenters. The van der Waals surface area contributed by atoms with Crippen molar-refractivity contribution in [2.24, 2.45) is 0 Å². The van der Waals surface area contributed by atoms with E-state index in [1.54, 1.807) is 25.8 Å². The van der Waals surface area contributed by atoms with Crippen molar-refractivity contribution < 1.29 is 4.74 Å². The summed E-state index contributed by atoms with van der Waals surface area (Å²) in [5.74, 6) is 1.70. The third-order valence-corrected chi connectivity index (χ3v) is 4.66. The average molecular weight is 335 g/mol. The van der Waals surface area contributed by atoms with Crippen LogP contribution in [0, 0.1) is 0 Å². The van der Waals surface area contributed by atoms with Gasteiger partial charge in [0.05, 0.1) is 31.2 Å². The molecule has 1 aliphatic rings. The number of methoxy groups -OCH3 is 1. The Hall–Kier alpha value is -2.73. The average Bonchev–Trinajstić information content (AvgIpc) is 3.35. The Morgan fingerprint density at radius 2 is 2.04 bits per heavy atom. The maximum atomic E-state index is 5.24. The van der Waals surface area contributed by atoms with E-state index in [0.717, 1.165) is 36.8 Å². The molecule has 0 radical (unpaired) electrons. The van der Waals surface area contributed by atoms with Gasteiger partial charge in [-0.05, 0) is 37.1 Å². The number of benzene rings is 1. The smallest absolute Gasteiger partial charge is 0.156 e. The second-order valence-electron chi connectivity index (χ2n) is 6.25. The molecule has 0 aliphatic carbocycles. The monoisotopic (exact) mass is 335 g/mol. The van der Waals surface area contributed by atoms with Crippen molar-refractivity contribution in [1.29, 1.82) is 0 Å². The molecule has 3 aromatic rings. The van der Waals surface area contributed by atoms with E-state index in [1.807, 2.05) is 29.1 Å². The third-order valence-electron chi connectivity index (χ3n) is 4.66. The molecule has 1 fully saturated rings. The largest absolute Gasteiger partial charge is 0.497 e. The standard InChI is InChI=1S/C19H21N5O/c1-25-16-6-4-15(5-7-16)13-23-9-2-3-18(23)17-11-21-12-19(22-17)24-10-8-20-14-24/h4-8,10-12,14,18H,2-3,9,13H2,1H3. The van der Waals surface area contributed by atoms with Crippen LogP contribution in [0.15, 0.2) is 55.4 Å². The van der Waals surface area contributed by atoms with Gasteiger partial charge in [0.1, 0.15) is 12.1 Å². The Kier molecular flexibility index (Phi) is 4.43. The second kappa shape index (κ2) is 7.03. The summed E-state index contributed by atoms with van der Waals surface area (Å²) in [6, 6.07) is 8.58. The van der Waals surface area contributed by atoms with Crippen LogP contribution in [0.3, 0.4) is 0 Å². The number of rotatable bonds is 5. The first-order chi connectivity index (χ1) is 12.3. The zero-order valence-corrected chi connectivity index (χ0v) is 14.2. The molecule has 0 saturated carbocycles. The van der Waals surface area contributed by atoms with Gasteiger partial charge in [0, 0.05) is 18.9 Å². The summed E-state index contributed by atoms with van der Waals surface area (Å²) in [6.45, 7) is 1.99. The van der Waals surface area contributed by atoms with Gasteiger partial charge in [0.15, 0.2) is 5.82 Å². The van der Waals surface area contributed by atoms with Crippen LogP contribution in [0.1, 0.15) is 30.1 Å². The Morgan fingerprint density at radius 3 is 2.80 bits per heavy atom. The van der Waals surface area contributed by atoms with Crippen molar-refractivity contribution in [1.82, 2.24) is 24.4 Å². The van der Waals surface area contributed by atoms with Crippen LogP contribution in [0.4, 0.5) is 0 Å². The van der Waals surface area contributed by atoms with E-state index in [9.17, 15) is 0 Å². The fourth-order valence-electron chi connectivity index (χ4n) is 3.37. The molecular formula is C19H21N5O. The zero-order valence-electron chi connectivity index (χ0n) is 14.2. The van der Waals surface area contributed by atoms with E-state index in [1.165, 1.54) is 12.0 Å². The SMILES string of the molecule is COc1ccc(CN2CCCC2c2cncc(-n3ccnc3)n2)cc1. The van der Waals surface area contributed by atoms with E-state index in [0.29, 0.717) is 6.04 Å². The topological polar surface area (TPSA) is 56.1 Å². The van der Waals surface area contributed by atoms with Crippen LogP contribution >= 0.6 is 0 Å². The fourth-order valence-corrected chi connectivity index (χ4v) is 3.37. The van der Waals surface area contributed by atoms with E-state index in [-0.39, 0.29) is 0 Å². The lowest BCUT2D eigenvalue weighted by molar-refractivity contribution is 0.244. The summed E-state index contributed by atoms with van der Waals surface area (Å²) >= 11 is 0. The summed E-state index contributed by atoms with van der Waals surface area (Å²) in [7, 11) is 1.69. The first-order valence-corrected chi connectivity index (χ1v) is 8.51. The van der Waals surface area contributed by atoms with Gasteiger partial charge in [0.2, 0.25) is 0 Å². The lowest BCUT2D eigenvalue weighted by atomic mass is 10.1. The van der Waals surface area contributed by atoms with E-state index in [2.05, 4.69) is 27.0 Å². The molecule has 25 heavy (non-hydrogen) atoms. The molecule has 1 saturated heterocycles. The summed E-state index contributed by atoms with van der Waals surface area (Å²) in [4.78, 5) is 15.8. The fraction of sp³-hybridized carbons (Fsp3) is 0.316. The van der Waals surface area contributed by atoms with E-state index < -0.39 is 0 Å². The minimum absolute atomic E-state index is 0.304. The summed E-state index contributed by atoms with van der Waals surface area (Å²) < 4.78 is 7.13. The van der Waals surface area contributed by atoms with Gasteiger partial charge >= 0.3 is 0 Å². The summed E-state index contributed by atoms with van der Waals surface area (Å²) in [6.07, 6.45) is 11.3. The Labute approximate surface area is 147 Å². The number of likely N-dealkylation sites (tertiary alicyclic amines) is 1. The highest BCUT2D eigenvalue weighted by atomic mass is 16.5. The third kappa shape index (κ3) is 3.39. The molecule has 3 heterocycles. The summed E-state index contributed by atoms with van der Waals surface area (Å²) in [5, 5.41) is 0. The molecule has 2 aromatic heterocycles. The molecule has 1 unspecified atom stereocenters. The second-order valence-corrected chi connectivity index (χ2v) is 6.25. The molecule has 6 nitrogen and oxygen atoms in total. The highest BCUT2D eigenvalue weighted by molar-refractivity contribution is 5.27. The Bertz CT molecular complexity index is 816. The molecule has 128 valence electrons. The van der Waals surface area contributed by atoms with Crippen molar-refractivity contribution in [3.05, 3.63) is 66.6 Å². The van der Waals surface area contributed by atoms with Crippen LogP contribution in [-0.4, -0.2) is 38.1 Å². The first-order valence-electron chi connectivity index (χ1n) is 8.51. The zero-order chi connectivity index (χ0) is 17.1. The normalized spacial score (nSPS) is 17.7. The number of ether oxygens (including phenoxy) is 1. The van der Waals surface area contributed by atoms with Crippen molar-refractivity contribution in [3.8, 4) is 11.6 Å². The quantitative estimate of drug-likeness (QED) is 0.717. The van der Waals surface area contributed by atoms with Crippen LogP contribution < -0.4 is 4.74 Å². The van der Waals surface area contributed by atoms with E-state index >= 15 is 0 Å². The van der Waals surface area contributed by atoms with Crippen LogP contribution in [0.2, 0.25) is 0 Å². The summed E-state index contributed by atoms with van der Waals surface area (Å²) in [5.41, 5.74) is 2.31. The van der Waals surface area contributed by atoms with Gasteiger partial charge in [-0.15, -0.1) is 0 Å². The minimum atomic E-state index is 0.304. The molecule has 0 amide bonds. The molecule has 4 rings (SSSR count). The maximum Gasteiger partial charge on any atom is 0.156 e. The predicted octanol–water partition coefficient (Wildman–Crippen LogP) is 3.01. The molecule has 1 aliphatic heterocycles. The van der Waals surface area contributed by atoms with Crippen molar-refractivity contribution in [2.45, 2.75) is 25.4 Å². The molecule has 0 N–H and O–H groups in total. The van der Waals surface area contributed by atoms with Gasteiger partial charge in [-0.2, -0.15) is 0 Å². The van der Waals surface area contributed by atoms with E-state index in [4.69, 9.17) is 9.72 Å². The predicted molar refractivity (Wildman–Crippen MR) is 94.5 cm³/mol. The van der Waals surface area contributed by atoms with Gasteiger partial charge < -0.3 is 4.74 Å². The Morgan fingerprint density at radius 1 is 1.16 bits per heavy atom. The van der Waals surface area contributed by atoms with Crippen molar-refractivity contribution >= 4 is 0 Å². The van der Waals surface area contributed by atoms with Crippen molar-refractivity contribution in [2.75, 3.05) is 13.7 Å². The van der Waals surface area contributed by atoms with Crippen LogP contribution in [0.25, 0.3) is 5.82 Å². The van der Waals surface area contributed by atoms with Crippen molar-refractivity contribution in [3.63, 3.8) is 0 Å². The Balaban J connectivity index is 1.54. The maximum absolute atomic E-state index is 5.24. The molecular weight excluding hydrogens is 314 g/mol. The molecule has 0 spiro atoms. The van der Waals surface area contributed by atoms with Crippen LogP contribution in [0.5, 0.6) is 5.75 Å². The lowest BCUT2D eigenvalue weighted by Crippen LogP contribution is -2.23.